The number of hydrogen-bond donors (Lipinski definition) is 2. The number of aromatic nitrogens is 2. The van der Waals surface area contributed by atoms with Crippen LogP contribution in [-0.4, -0.2) is 34.8 Å². The SMILES string of the molecule is O=C(NCCNC1CCCCCC1)c1ccc(=O)n(-c2ccc(F)cc2)n1. The van der Waals surface area contributed by atoms with Gasteiger partial charge in [-0.15, -0.1) is 0 Å². The fourth-order valence-electron chi connectivity index (χ4n) is 3.33. The predicted molar refractivity (Wildman–Crippen MR) is 102 cm³/mol. The lowest BCUT2D eigenvalue weighted by atomic mass is 10.1. The van der Waals surface area contributed by atoms with Gasteiger partial charge in [-0.1, -0.05) is 25.7 Å². The van der Waals surface area contributed by atoms with E-state index in [0.717, 1.165) is 4.68 Å². The number of amides is 1. The molecule has 0 atom stereocenters. The van der Waals surface area contributed by atoms with Crippen LogP contribution in [0, 0.1) is 5.82 Å². The number of nitrogens with one attached hydrogen (secondary N) is 2. The van der Waals surface area contributed by atoms with E-state index in [9.17, 15) is 14.0 Å². The average Bonchev–Trinajstić information content (AvgIpc) is 2.95. The smallest absolute Gasteiger partial charge is 0.271 e. The highest BCUT2D eigenvalue weighted by Crippen LogP contribution is 2.16. The number of carbonyl (C=O) groups is 1. The first kappa shape index (κ1) is 19.2. The minimum absolute atomic E-state index is 0.147. The maximum absolute atomic E-state index is 13.1. The first-order valence-electron chi connectivity index (χ1n) is 9.51. The molecular weight excluding hydrogens is 347 g/mol. The normalized spacial score (nSPS) is 15.3. The molecule has 0 unspecified atom stereocenters. The lowest BCUT2D eigenvalue weighted by Gasteiger charge is -2.16. The summed E-state index contributed by atoms with van der Waals surface area (Å²) in [4.78, 5) is 24.3. The van der Waals surface area contributed by atoms with Crippen molar-refractivity contribution >= 4 is 5.91 Å². The third-order valence-corrected chi connectivity index (χ3v) is 4.80. The van der Waals surface area contributed by atoms with Gasteiger partial charge in [0.2, 0.25) is 0 Å². The summed E-state index contributed by atoms with van der Waals surface area (Å²) >= 11 is 0. The van der Waals surface area contributed by atoms with Gasteiger partial charge in [-0.05, 0) is 43.2 Å². The lowest BCUT2D eigenvalue weighted by Crippen LogP contribution is -2.37. The first-order valence-corrected chi connectivity index (χ1v) is 9.51. The molecule has 2 N–H and O–H groups in total. The van der Waals surface area contributed by atoms with Gasteiger partial charge in [-0.2, -0.15) is 9.78 Å². The van der Waals surface area contributed by atoms with Crippen LogP contribution in [0.2, 0.25) is 0 Å². The van der Waals surface area contributed by atoms with Crippen molar-refractivity contribution in [2.24, 2.45) is 0 Å². The fraction of sp³-hybridized carbons (Fsp3) is 0.450. The number of rotatable bonds is 6. The van der Waals surface area contributed by atoms with Gasteiger partial charge in [-0.3, -0.25) is 9.59 Å². The third-order valence-electron chi connectivity index (χ3n) is 4.80. The molecule has 6 nitrogen and oxygen atoms in total. The van der Waals surface area contributed by atoms with Crippen molar-refractivity contribution in [1.82, 2.24) is 20.4 Å². The van der Waals surface area contributed by atoms with Crippen molar-refractivity contribution in [3.8, 4) is 5.69 Å². The molecule has 144 valence electrons. The molecule has 1 fully saturated rings. The van der Waals surface area contributed by atoms with E-state index >= 15 is 0 Å². The highest BCUT2D eigenvalue weighted by molar-refractivity contribution is 5.92. The van der Waals surface area contributed by atoms with E-state index in [0.29, 0.717) is 24.8 Å². The van der Waals surface area contributed by atoms with Crippen LogP contribution in [0.25, 0.3) is 5.69 Å². The largest absolute Gasteiger partial charge is 0.349 e. The summed E-state index contributed by atoms with van der Waals surface area (Å²) in [5.74, 6) is -0.740. The van der Waals surface area contributed by atoms with Crippen LogP contribution < -0.4 is 16.2 Å². The second-order valence-corrected chi connectivity index (χ2v) is 6.84. The first-order chi connectivity index (χ1) is 13.1. The van der Waals surface area contributed by atoms with Gasteiger partial charge in [0.25, 0.3) is 11.5 Å². The number of benzene rings is 1. The minimum atomic E-state index is -0.401. The summed E-state index contributed by atoms with van der Waals surface area (Å²) in [6.07, 6.45) is 7.53. The Kier molecular flexibility index (Phi) is 6.70. The van der Waals surface area contributed by atoms with Crippen LogP contribution in [0.4, 0.5) is 4.39 Å². The summed E-state index contributed by atoms with van der Waals surface area (Å²) in [6.45, 7) is 1.20. The summed E-state index contributed by atoms with van der Waals surface area (Å²) in [6, 6.07) is 8.60. The van der Waals surface area contributed by atoms with Crippen molar-refractivity contribution in [2.45, 2.75) is 44.6 Å². The van der Waals surface area contributed by atoms with E-state index in [1.807, 2.05) is 0 Å². The van der Waals surface area contributed by atoms with Gasteiger partial charge in [0.05, 0.1) is 5.69 Å². The van der Waals surface area contributed by atoms with Gasteiger partial charge >= 0.3 is 0 Å². The van der Waals surface area contributed by atoms with E-state index in [-0.39, 0.29) is 17.2 Å². The molecular formula is C20H25FN4O2. The molecule has 1 heterocycles. The molecule has 7 heteroatoms. The van der Waals surface area contributed by atoms with E-state index in [4.69, 9.17) is 0 Å². The maximum atomic E-state index is 13.1. The zero-order valence-electron chi connectivity index (χ0n) is 15.3. The van der Waals surface area contributed by atoms with Crippen molar-refractivity contribution in [2.75, 3.05) is 13.1 Å². The van der Waals surface area contributed by atoms with Crippen molar-refractivity contribution < 1.29 is 9.18 Å². The molecule has 1 aliphatic rings. The molecule has 0 bridgehead atoms. The predicted octanol–water partition coefficient (Wildman–Crippen LogP) is 2.41. The number of nitrogens with zero attached hydrogens (tertiary/aromatic N) is 2. The zero-order chi connectivity index (χ0) is 19.1. The van der Waals surface area contributed by atoms with Crippen molar-refractivity contribution in [1.29, 1.82) is 0 Å². The monoisotopic (exact) mass is 372 g/mol. The third kappa shape index (κ3) is 5.47. The highest BCUT2D eigenvalue weighted by atomic mass is 19.1. The standard InChI is InChI=1S/C20H25FN4O2/c21-15-7-9-17(10-8-15)25-19(26)12-11-18(24-25)20(27)23-14-13-22-16-5-3-1-2-4-6-16/h7-12,16,22H,1-6,13-14H2,(H,23,27). The molecule has 1 aromatic heterocycles. The van der Waals surface area contributed by atoms with Gasteiger partial charge in [0.15, 0.2) is 0 Å². The Morgan fingerprint density at radius 3 is 2.44 bits per heavy atom. The Bertz CT molecular complexity index is 811. The van der Waals surface area contributed by atoms with Gasteiger partial charge in [-0.25, -0.2) is 4.39 Å². The van der Waals surface area contributed by atoms with Crippen LogP contribution in [0.3, 0.4) is 0 Å². The topological polar surface area (TPSA) is 76.0 Å². The molecule has 1 aliphatic carbocycles. The van der Waals surface area contributed by atoms with Gasteiger partial charge in [0, 0.05) is 25.2 Å². The van der Waals surface area contributed by atoms with Crippen LogP contribution in [0.5, 0.6) is 0 Å². The van der Waals surface area contributed by atoms with E-state index in [1.54, 1.807) is 0 Å². The Morgan fingerprint density at radius 2 is 1.74 bits per heavy atom. The summed E-state index contributed by atoms with van der Waals surface area (Å²) < 4.78 is 14.2. The fourth-order valence-corrected chi connectivity index (χ4v) is 3.33. The molecule has 0 radical (unpaired) electrons. The molecule has 1 aromatic carbocycles. The Hall–Kier alpha value is -2.54. The Labute approximate surface area is 157 Å². The second kappa shape index (κ2) is 9.41. The maximum Gasteiger partial charge on any atom is 0.271 e. The number of hydrogen-bond acceptors (Lipinski definition) is 4. The Balaban J connectivity index is 1.56. The second-order valence-electron chi connectivity index (χ2n) is 6.84. The molecule has 1 amide bonds. The highest BCUT2D eigenvalue weighted by Gasteiger charge is 2.13. The van der Waals surface area contributed by atoms with E-state index in [2.05, 4.69) is 15.7 Å². The molecule has 27 heavy (non-hydrogen) atoms. The summed E-state index contributed by atoms with van der Waals surface area (Å²) in [7, 11) is 0. The van der Waals surface area contributed by atoms with Crippen LogP contribution in [0.1, 0.15) is 49.0 Å². The van der Waals surface area contributed by atoms with E-state index in [1.165, 1.54) is 74.9 Å². The summed E-state index contributed by atoms with van der Waals surface area (Å²) in [5, 5.41) is 10.4. The Morgan fingerprint density at radius 1 is 1.04 bits per heavy atom. The molecule has 0 spiro atoms. The van der Waals surface area contributed by atoms with Crippen molar-refractivity contribution in [3.63, 3.8) is 0 Å². The zero-order valence-corrected chi connectivity index (χ0v) is 15.3. The lowest BCUT2D eigenvalue weighted by molar-refractivity contribution is 0.0946. The number of halogens is 1. The van der Waals surface area contributed by atoms with Crippen molar-refractivity contribution in [3.05, 3.63) is 58.3 Å². The van der Waals surface area contributed by atoms with E-state index < -0.39 is 5.82 Å². The summed E-state index contributed by atoms with van der Waals surface area (Å²) in [5.41, 5.74) is 0.174. The minimum Gasteiger partial charge on any atom is -0.349 e. The van der Waals surface area contributed by atoms with Crippen LogP contribution >= 0.6 is 0 Å². The molecule has 3 rings (SSSR count). The molecule has 0 aliphatic heterocycles. The molecule has 1 saturated carbocycles. The quantitative estimate of drug-likeness (QED) is 0.603. The van der Waals surface area contributed by atoms with Crippen LogP contribution in [-0.2, 0) is 0 Å². The number of carbonyl (C=O) groups excluding carboxylic acids is 1. The van der Waals surface area contributed by atoms with Crippen LogP contribution in [0.15, 0.2) is 41.2 Å². The average molecular weight is 372 g/mol. The van der Waals surface area contributed by atoms with Gasteiger partial charge < -0.3 is 10.6 Å². The van der Waals surface area contributed by atoms with Gasteiger partial charge in [0.1, 0.15) is 11.5 Å². The molecule has 2 aromatic rings. The molecule has 0 saturated heterocycles.